The average molecular weight is 519 g/mol. The van der Waals surface area contributed by atoms with Crippen molar-refractivity contribution in [2.24, 2.45) is 11.8 Å². The molecule has 196 valence electrons. The molecule has 1 aromatic heterocycles. The van der Waals surface area contributed by atoms with Crippen LogP contribution in [0.25, 0.3) is 10.9 Å². The van der Waals surface area contributed by atoms with Gasteiger partial charge in [-0.2, -0.15) is 5.26 Å². The van der Waals surface area contributed by atoms with E-state index in [1.165, 1.54) is 24.3 Å². The van der Waals surface area contributed by atoms with Gasteiger partial charge in [0, 0.05) is 41.4 Å². The largest absolute Gasteiger partial charge is 0.356 e. The summed E-state index contributed by atoms with van der Waals surface area (Å²) < 4.78 is 56.8. The van der Waals surface area contributed by atoms with Gasteiger partial charge < -0.3 is 20.5 Å². The van der Waals surface area contributed by atoms with E-state index in [1.54, 1.807) is 0 Å². The fraction of sp³-hybridized carbons (Fsp3) is 0.520. The number of fused-ring (bicyclic) bond motifs is 4. The molecule has 6 rings (SSSR count). The highest BCUT2D eigenvalue weighted by molar-refractivity contribution is 6.01. The van der Waals surface area contributed by atoms with Gasteiger partial charge in [-0.3, -0.25) is 14.4 Å². The summed E-state index contributed by atoms with van der Waals surface area (Å²) in [4.78, 5) is 42.8. The van der Waals surface area contributed by atoms with E-state index < -0.39 is 60.5 Å². The molecule has 12 heteroatoms. The summed E-state index contributed by atoms with van der Waals surface area (Å²) in [6, 6.07) is 3.75. The molecule has 0 spiro atoms. The summed E-state index contributed by atoms with van der Waals surface area (Å²) in [5.74, 6) is -7.02. The van der Waals surface area contributed by atoms with E-state index in [1.807, 2.05) is 6.07 Å². The second kappa shape index (κ2) is 9.36. The quantitative estimate of drug-likeness (QED) is 0.508. The molecule has 1 saturated carbocycles. The number of H-pyrrole nitrogens is 1. The van der Waals surface area contributed by atoms with Crippen molar-refractivity contribution in [2.75, 3.05) is 6.54 Å². The fourth-order valence-electron chi connectivity index (χ4n) is 5.98. The molecule has 1 aromatic carbocycles. The molecule has 3 aliphatic heterocycles. The first-order chi connectivity index (χ1) is 17.6. The molecule has 4 fully saturated rings. The van der Waals surface area contributed by atoms with Gasteiger partial charge >= 0.3 is 0 Å². The highest BCUT2D eigenvalue weighted by atomic mass is 19.3. The number of aromatic amines is 1. The van der Waals surface area contributed by atoms with Crippen molar-refractivity contribution in [1.29, 1.82) is 5.26 Å². The Labute approximate surface area is 209 Å². The Balaban J connectivity index is 1.44. The molecule has 37 heavy (non-hydrogen) atoms. The van der Waals surface area contributed by atoms with Gasteiger partial charge in [0.1, 0.15) is 17.8 Å². The van der Waals surface area contributed by atoms with Crippen molar-refractivity contribution in [2.45, 2.75) is 62.6 Å². The number of piperidine rings is 2. The maximum absolute atomic E-state index is 14.9. The minimum atomic E-state index is -3.20. The number of alkyl halides is 4. The van der Waals surface area contributed by atoms with Crippen LogP contribution in [-0.4, -0.2) is 58.2 Å². The third-order valence-corrected chi connectivity index (χ3v) is 7.76. The molecular formula is C25H25F4N5O3. The van der Waals surface area contributed by atoms with Crippen LogP contribution in [0.3, 0.4) is 0 Å². The van der Waals surface area contributed by atoms with Crippen molar-refractivity contribution in [3.63, 3.8) is 0 Å². The smallest absolute Gasteiger partial charge is 0.271 e. The van der Waals surface area contributed by atoms with E-state index in [9.17, 15) is 37.2 Å². The minimum absolute atomic E-state index is 0.0179. The van der Waals surface area contributed by atoms with Crippen molar-refractivity contribution >= 4 is 28.6 Å². The number of halogens is 4. The van der Waals surface area contributed by atoms with Crippen LogP contribution in [0.2, 0.25) is 0 Å². The summed E-state index contributed by atoms with van der Waals surface area (Å²) >= 11 is 0. The number of hydrogen-bond donors (Lipinski definition) is 3. The molecule has 2 aromatic rings. The zero-order chi connectivity index (χ0) is 26.5. The molecule has 5 atom stereocenters. The Morgan fingerprint density at radius 1 is 1.24 bits per heavy atom. The zero-order valence-electron chi connectivity index (χ0n) is 19.6. The van der Waals surface area contributed by atoms with Crippen LogP contribution >= 0.6 is 0 Å². The van der Waals surface area contributed by atoms with E-state index in [0.29, 0.717) is 13.0 Å². The Morgan fingerprint density at radius 2 is 2.03 bits per heavy atom. The highest BCUT2D eigenvalue weighted by Crippen LogP contribution is 2.49. The van der Waals surface area contributed by atoms with Crippen molar-refractivity contribution in [3.8, 4) is 6.07 Å². The Bertz CT molecular complexity index is 1290. The maximum atomic E-state index is 14.9. The Morgan fingerprint density at radius 3 is 2.68 bits per heavy atom. The van der Waals surface area contributed by atoms with Crippen molar-refractivity contribution in [3.05, 3.63) is 35.5 Å². The molecular weight excluding hydrogens is 494 g/mol. The number of carbonyl (C=O) groups is 3. The third-order valence-electron chi connectivity index (χ3n) is 7.76. The first-order valence-corrected chi connectivity index (χ1v) is 12.2. The van der Waals surface area contributed by atoms with E-state index in [0.717, 1.165) is 4.90 Å². The number of hydrogen-bond acceptors (Lipinski definition) is 4. The Hall–Kier alpha value is -3.62. The van der Waals surface area contributed by atoms with Gasteiger partial charge in [0.2, 0.25) is 11.8 Å². The number of aromatic nitrogens is 1. The van der Waals surface area contributed by atoms with Gasteiger partial charge in [-0.05, 0) is 37.8 Å². The first kappa shape index (κ1) is 25.0. The molecule has 3 saturated heterocycles. The van der Waals surface area contributed by atoms with E-state index >= 15 is 0 Å². The summed E-state index contributed by atoms with van der Waals surface area (Å²) in [5, 5.41) is 14.8. The molecule has 0 radical (unpaired) electrons. The molecule has 1 aliphatic carbocycles. The molecule has 4 aliphatic rings. The number of amides is 3. The van der Waals surface area contributed by atoms with Crippen LogP contribution in [0.15, 0.2) is 24.3 Å². The first-order valence-electron chi connectivity index (χ1n) is 12.2. The van der Waals surface area contributed by atoms with Crippen LogP contribution in [0, 0.1) is 23.2 Å². The van der Waals surface area contributed by atoms with Crippen LogP contribution in [0.5, 0.6) is 0 Å². The van der Waals surface area contributed by atoms with Gasteiger partial charge in [0.15, 0.2) is 0 Å². The number of carbonyl (C=O) groups excluding carboxylic acids is 3. The number of nitrogens with one attached hydrogen (secondary N) is 3. The zero-order valence-corrected chi connectivity index (χ0v) is 19.6. The lowest BCUT2D eigenvalue weighted by Gasteiger charge is -2.53. The van der Waals surface area contributed by atoms with Gasteiger partial charge in [-0.25, -0.2) is 17.6 Å². The van der Waals surface area contributed by atoms with E-state index in [4.69, 9.17) is 0 Å². The molecule has 8 nitrogen and oxygen atoms in total. The van der Waals surface area contributed by atoms with Crippen LogP contribution in [0.1, 0.15) is 54.6 Å². The third kappa shape index (κ3) is 4.40. The number of nitriles is 1. The number of benzene rings is 1. The van der Waals surface area contributed by atoms with E-state index in [-0.39, 0.29) is 47.3 Å². The summed E-state index contributed by atoms with van der Waals surface area (Å²) in [6.07, 6.45) is -2.59. The Kier molecular flexibility index (Phi) is 6.33. The fourth-order valence-corrected chi connectivity index (χ4v) is 5.98. The lowest BCUT2D eigenvalue weighted by molar-refractivity contribution is -0.179. The van der Waals surface area contributed by atoms with Gasteiger partial charge in [0.25, 0.3) is 18.3 Å². The molecule has 3 N–H and O–H groups in total. The SMILES string of the molecule is N#C[C@H](C[C@H]1CCNC1=O)NC(=O)[C@H]1[C@H]2CC[C@H](CC2(F)F)N1C(=O)c1cc2c(C(F)F)cccc2[nH]1. The van der Waals surface area contributed by atoms with Crippen LogP contribution in [0.4, 0.5) is 17.6 Å². The minimum Gasteiger partial charge on any atom is -0.356 e. The summed E-state index contributed by atoms with van der Waals surface area (Å²) in [7, 11) is 0. The number of rotatable bonds is 6. The summed E-state index contributed by atoms with van der Waals surface area (Å²) in [5.41, 5.74) is -0.0770. The summed E-state index contributed by atoms with van der Waals surface area (Å²) in [6.45, 7) is 0.453. The lowest BCUT2D eigenvalue weighted by atomic mass is 9.71. The predicted molar refractivity (Wildman–Crippen MR) is 123 cm³/mol. The maximum Gasteiger partial charge on any atom is 0.271 e. The molecule has 3 amide bonds. The number of nitrogens with zero attached hydrogens (tertiary/aromatic N) is 2. The topological polar surface area (TPSA) is 118 Å². The second-order valence-electron chi connectivity index (χ2n) is 9.95. The van der Waals surface area contributed by atoms with Gasteiger partial charge in [0.05, 0.1) is 12.0 Å². The monoisotopic (exact) mass is 519 g/mol. The molecule has 0 unspecified atom stereocenters. The normalized spacial score (nSPS) is 27.2. The molecule has 4 heterocycles. The van der Waals surface area contributed by atoms with Crippen molar-refractivity contribution in [1.82, 2.24) is 20.5 Å². The van der Waals surface area contributed by atoms with E-state index in [2.05, 4.69) is 15.6 Å². The standard InChI is InChI=1S/C25H25F4N5O3/c26-21(27)15-2-1-3-18-16(15)9-19(33-18)24(37)34-14-4-5-17(25(28,29)10-14)20(34)23(36)32-13(11-30)8-12-6-7-31-22(12)35/h1-3,9,12-14,17,20-21,33H,4-8,10H2,(H,31,35)(H,32,36)/t12-,13+,14-,17-,20-/m1/s1. The predicted octanol–water partition coefficient (Wildman–Crippen LogP) is 3.27. The van der Waals surface area contributed by atoms with Crippen molar-refractivity contribution < 1.29 is 31.9 Å². The second-order valence-corrected chi connectivity index (χ2v) is 9.95. The van der Waals surface area contributed by atoms with Crippen LogP contribution < -0.4 is 10.6 Å². The van der Waals surface area contributed by atoms with Gasteiger partial charge in [-0.1, -0.05) is 12.1 Å². The lowest BCUT2D eigenvalue weighted by Crippen LogP contribution is -2.68. The molecule has 2 bridgehead atoms. The highest BCUT2D eigenvalue weighted by Gasteiger charge is 2.60. The van der Waals surface area contributed by atoms with Gasteiger partial charge in [-0.15, -0.1) is 0 Å². The average Bonchev–Trinajstić information content (AvgIpc) is 3.47. The van der Waals surface area contributed by atoms with Crippen LogP contribution in [-0.2, 0) is 9.59 Å².